The molecule has 3 fully saturated rings. The number of amides is 4. The molecule has 2 saturated heterocycles. The fraction of sp³-hybridized carbons (Fsp3) is 0.379. The molecule has 7 nitrogen and oxygen atoms in total. The Hall–Kier alpha value is -3.65. The van der Waals surface area contributed by atoms with Crippen molar-refractivity contribution in [3.05, 3.63) is 70.6 Å². The van der Waals surface area contributed by atoms with Crippen molar-refractivity contribution in [3.8, 4) is 5.75 Å². The van der Waals surface area contributed by atoms with Crippen molar-refractivity contribution < 1.29 is 55.0 Å². The van der Waals surface area contributed by atoms with E-state index in [0.29, 0.717) is 4.90 Å². The molecule has 2 aromatic carbocycles. The van der Waals surface area contributed by atoms with E-state index >= 15 is 0 Å². The molecular formula is C29H19Cl2F7N2O5. The summed E-state index contributed by atoms with van der Waals surface area (Å²) in [6.07, 6.45) is -9.95. The van der Waals surface area contributed by atoms with Gasteiger partial charge < -0.3 is 5.11 Å². The van der Waals surface area contributed by atoms with Gasteiger partial charge in [0.15, 0.2) is 21.3 Å². The summed E-state index contributed by atoms with van der Waals surface area (Å²) in [7, 11) is 1.10. The van der Waals surface area contributed by atoms with Crippen LogP contribution in [0.25, 0.3) is 0 Å². The topological polar surface area (TPSA) is 95.0 Å². The van der Waals surface area contributed by atoms with Gasteiger partial charge in [-0.1, -0.05) is 23.8 Å². The zero-order valence-electron chi connectivity index (χ0n) is 22.6. The normalized spacial score (nSPS) is 31.6. The summed E-state index contributed by atoms with van der Waals surface area (Å²) >= 11 is 13.8. The summed E-state index contributed by atoms with van der Waals surface area (Å²) in [4.78, 5) is 50.7. The van der Waals surface area contributed by atoms with E-state index in [1.807, 2.05) is 0 Å². The first-order valence-corrected chi connectivity index (χ1v) is 14.1. The average molecular weight is 679 g/mol. The minimum atomic E-state index is -5.26. The van der Waals surface area contributed by atoms with Crippen LogP contribution in [0.5, 0.6) is 5.75 Å². The van der Waals surface area contributed by atoms with Gasteiger partial charge in [0.05, 0.1) is 28.7 Å². The number of rotatable bonds is 2. The molecule has 2 aromatic rings. The number of imide groups is 2. The number of nitrogens with zero attached hydrogens (tertiary/aromatic N) is 2. The van der Waals surface area contributed by atoms with Gasteiger partial charge in [0, 0.05) is 18.5 Å². The van der Waals surface area contributed by atoms with Gasteiger partial charge in [0.1, 0.15) is 0 Å². The van der Waals surface area contributed by atoms with Crippen molar-refractivity contribution in [2.45, 2.75) is 40.9 Å². The molecule has 0 unspecified atom stereocenters. The van der Waals surface area contributed by atoms with Crippen LogP contribution in [0.3, 0.4) is 0 Å². The van der Waals surface area contributed by atoms with Crippen molar-refractivity contribution in [2.75, 3.05) is 11.9 Å². The first-order valence-electron chi connectivity index (χ1n) is 13.3. The molecule has 16 heteroatoms. The molecule has 0 radical (unpaired) electrons. The average Bonchev–Trinajstić information content (AvgIpc) is 3.28. The highest BCUT2D eigenvalue weighted by molar-refractivity contribution is 6.53. The number of allylic oxidation sites excluding steroid dienone is 2. The van der Waals surface area contributed by atoms with Crippen LogP contribution >= 0.6 is 23.2 Å². The number of hydrogen-bond donors (Lipinski definition) is 1. The van der Waals surface area contributed by atoms with E-state index in [-0.39, 0.29) is 40.7 Å². The molecule has 4 amide bonds. The number of phenolic OH excluding ortho intramolecular Hbond substituents is 1. The zero-order chi connectivity index (χ0) is 33.2. The monoisotopic (exact) mass is 678 g/mol. The summed E-state index contributed by atoms with van der Waals surface area (Å²) < 4.78 is 96.2. The van der Waals surface area contributed by atoms with E-state index in [9.17, 15) is 55.0 Å². The van der Waals surface area contributed by atoms with E-state index in [0.717, 1.165) is 13.1 Å². The predicted molar refractivity (Wildman–Crippen MR) is 142 cm³/mol. The van der Waals surface area contributed by atoms with E-state index in [2.05, 4.69) is 0 Å². The number of para-hydroxylation sites is 1. The molecule has 2 aliphatic heterocycles. The van der Waals surface area contributed by atoms with Crippen molar-refractivity contribution in [1.82, 2.24) is 4.90 Å². The second-order valence-electron chi connectivity index (χ2n) is 11.5. The number of aromatic hydroxyl groups is 1. The van der Waals surface area contributed by atoms with Crippen molar-refractivity contribution in [1.29, 1.82) is 0 Å². The lowest BCUT2D eigenvalue weighted by Crippen LogP contribution is -2.60. The Kier molecular flexibility index (Phi) is 6.74. The number of carbonyl (C=O) groups is 4. The standard InChI is InChI=1S/C29H19Cl2F7N2O5/c1-39-24(44)26(30)10-17-14(20(27(26,31)25(39)45)16-3-2-4-18(32)21(16)41)5-6-15-19(17)23(43)40(22(15)42)13-8-11(28(33,34)35)7-12(9-13)29(36,37)38/h2-5,7-9,15,17,19-20,41H,6,10H2,1H3/t15-,17+,19-,20+,26+,27-/m0/s1. The lowest BCUT2D eigenvalue weighted by atomic mass is 9.56. The van der Waals surface area contributed by atoms with Gasteiger partial charge in [-0.05, 0) is 43.0 Å². The van der Waals surface area contributed by atoms with Crippen molar-refractivity contribution in [2.24, 2.45) is 17.8 Å². The summed E-state index contributed by atoms with van der Waals surface area (Å²) in [6, 6.07) is 3.70. The third-order valence-electron chi connectivity index (χ3n) is 9.17. The molecule has 6 atom stereocenters. The lowest BCUT2D eigenvalue weighted by Gasteiger charge is -2.50. The number of alkyl halides is 8. The summed E-state index contributed by atoms with van der Waals surface area (Å²) in [5.41, 5.74) is -4.58. The molecule has 4 aliphatic rings. The second-order valence-corrected chi connectivity index (χ2v) is 12.7. The van der Waals surface area contributed by atoms with Crippen LogP contribution in [-0.4, -0.2) is 50.4 Å². The van der Waals surface area contributed by atoms with Gasteiger partial charge in [-0.2, -0.15) is 26.3 Å². The first-order chi connectivity index (χ1) is 20.7. The molecule has 2 aliphatic carbocycles. The Morgan fingerprint density at radius 1 is 0.889 bits per heavy atom. The molecule has 6 rings (SSSR count). The van der Waals surface area contributed by atoms with Gasteiger partial charge in [-0.25, -0.2) is 9.29 Å². The van der Waals surface area contributed by atoms with Crippen molar-refractivity contribution >= 4 is 52.5 Å². The second kappa shape index (κ2) is 9.68. The smallest absolute Gasteiger partial charge is 0.416 e. The van der Waals surface area contributed by atoms with Crippen LogP contribution in [0, 0.1) is 23.6 Å². The zero-order valence-corrected chi connectivity index (χ0v) is 24.2. The van der Waals surface area contributed by atoms with E-state index in [4.69, 9.17) is 23.2 Å². The van der Waals surface area contributed by atoms with Gasteiger partial charge in [0.25, 0.3) is 11.8 Å². The molecule has 0 bridgehead atoms. The molecular weight excluding hydrogens is 660 g/mol. The maximum Gasteiger partial charge on any atom is 0.416 e. The van der Waals surface area contributed by atoms with Gasteiger partial charge in [-0.3, -0.25) is 24.1 Å². The number of likely N-dealkylation sites (tertiary alicyclic amines) is 1. The highest BCUT2D eigenvalue weighted by atomic mass is 35.5. The first kappa shape index (κ1) is 31.3. The third-order valence-corrected chi connectivity index (χ3v) is 10.6. The quantitative estimate of drug-likeness (QED) is 0.189. The Morgan fingerprint density at radius 3 is 2.07 bits per heavy atom. The molecule has 238 valence electrons. The molecule has 0 spiro atoms. The molecule has 1 N–H and O–H groups in total. The minimum Gasteiger partial charge on any atom is -0.505 e. The summed E-state index contributed by atoms with van der Waals surface area (Å²) in [6.45, 7) is 0. The van der Waals surface area contributed by atoms with Crippen molar-refractivity contribution in [3.63, 3.8) is 0 Å². The highest BCUT2D eigenvalue weighted by Gasteiger charge is 2.76. The maximum absolute atomic E-state index is 14.6. The predicted octanol–water partition coefficient (Wildman–Crippen LogP) is 5.76. The van der Waals surface area contributed by atoms with E-state index in [1.54, 1.807) is 0 Å². The minimum absolute atomic E-state index is 0.128. The third kappa shape index (κ3) is 4.17. The van der Waals surface area contributed by atoms with Gasteiger partial charge in [-0.15, -0.1) is 23.2 Å². The maximum atomic E-state index is 14.6. The van der Waals surface area contributed by atoms with Gasteiger partial charge >= 0.3 is 12.4 Å². The molecule has 1 saturated carbocycles. The van der Waals surface area contributed by atoms with Gasteiger partial charge in [0.2, 0.25) is 11.8 Å². The molecule has 0 aromatic heterocycles. The van der Waals surface area contributed by atoms with E-state index in [1.165, 1.54) is 18.2 Å². The number of hydrogen-bond acceptors (Lipinski definition) is 5. The number of benzene rings is 2. The largest absolute Gasteiger partial charge is 0.505 e. The number of phenols is 1. The number of anilines is 1. The fourth-order valence-electron chi connectivity index (χ4n) is 7.18. The summed E-state index contributed by atoms with van der Waals surface area (Å²) in [5, 5.41) is 10.7. The van der Waals surface area contributed by atoms with Crippen LogP contribution in [0.15, 0.2) is 48.0 Å². The van der Waals surface area contributed by atoms with Crippen LogP contribution < -0.4 is 4.90 Å². The number of halogens is 9. The highest BCUT2D eigenvalue weighted by Crippen LogP contribution is 2.66. The molecule has 45 heavy (non-hydrogen) atoms. The van der Waals surface area contributed by atoms with Crippen LogP contribution in [0.1, 0.15) is 35.4 Å². The fourth-order valence-corrected chi connectivity index (χ4v) is 8.19. The lowest BCUT2D eigenvalue weighted by molar-refractivity contribution is -0.143. The van der Waals surface area contributed by atoms with Crippen LogP contribution in [-0.2, 0) is 31.5 Å². The number of fused-ring (bicyclic) bond motifs is 4. The van der Waals surface area contributed by atoms with Crippen LogP contribution in [0.4, 0.5) is 36.4 Å². The Balaban J connectivity index is 1.51. The Morgan fingerprint density at radius 2 is 1.49 bits per heavy atom. The SMILES string of the molecule is CN1C(=O)[C@]2(Cl)C[C@@H]3C(=CC[C@@H]4C(=O)N(c5cc(C(F)(F)F)cc(C(F)(F)F)c5)C(=O)[C@@H]43)[C@H](c3cccc(F)c3O)[C@]2(Cl)C1=O. The molecule has 2 heterocycles. The summed E-state index contributed by atoms with van der Waals surface area (Å²) in [5.74, 6) is -11.8. The Labute approximate surface area is 259 Å². The number of carbonyl (C=O) groups excluding carboxylic acids is 4. The Bertz CT molecular complexity index is 1710. The van der Waals surface area contributed by atoms with E-state index < -0.39 is 104 Å². The van der Waals surface area contributed by atoms with Crippen LogP contribution in [0.2, 0.25) is 0 Å².